The van der Waals surface area contributed by atoms with Gasteiger partial charge in [-0.05, 0) is 38.1 Å². The number of hydrogen-bond donors (Lipinski definition) is 2. The molecule has 104 valence electrons. The maximum absolute atomic E-state index is 11.7. The first-order chi connectivity index (χ1) is 9.08. The lowest BCUT2D eigenvalue weighted by Crippen LogP contribution is -2.43. The Labute approximate surface area is 111 Å². The highest BCUT2D eigenvalue weighted by Crippen LogP contribution is 2.09. The van der Waals surface area contributed by atoms with Crippen LogP contribution in [0.3, 0.4) is 0 Å². The van der Waals surface area contributed by atoms with Crippen molar-refractivity contribution in [2.45, 2.75) is 23.9 Å². The summed E-state index contributed by atoms with van der Waals surface area (Å²) in [6.45, 7) is 1.58. The molecule has 1 fully saturated rings. The minimum atomic E-state index is -4.15. The van der Waals surface area contributed by atoms with E-state index >= 15 is 0 Å². The molecule has 0 bridgehead atoms. The minimum Gasteiger partial charge on any atom is -0.323 e. The number of pyridine rings is 1. The monoisotopic (exact) mass is 285 g/mol. The van der Waals surface area contributed by atoms with Crippen LogP contribution in [0.5, 0.6) is 0 Å². The summed E-state index contributed by atoms with van der Waals surface area (Å²) < 4.78 is 27.9. The summed E-state index contributed by atoms with van der Waals surface area (Å²) in [6.07, 6.45) is 1.86. The van der Waals surface area contributed by atoms with Gasteiger partial charge in [0.05, 0.1) is 0 Å². The SMILES string of the molecule is O=C(NC1CCNCC1)OS(=O)(=O)c1ccccn1. The molecule has 1 aromatic heterocycles. The van der Waals surface area contributed by atoms with E-state index in [2.05, 4.69) is 19.8 Å². The van der Waals surface area contributed by atoms with Crippen LogP contribution >= 0.6 is 0 Å². The van der Waals surface area contributed by atoms with Gasteiger partial charge in [-0.3, -0.25) is 0 Å². The lowest BCUT2D eigenvalue weighted by Gasteiger charge is -2.22. The molecule has 8 heteroatoms. The molecule has 0 spiro atoms. The molecular weight excluding hydrogens is 270 g/mol. The quantitative estimate of drug-likeness (QED) is 0.773. The fraction of sp³-hybridized carbons (Fsp3) is 0.455. The molecule has 2 heterocycles. The van der Waals surface area contributed by atoms with Crippen LogP contribution in [0.25, 0.3) is 0 Å². The molecule has 1 aliphatic rings. The summed E-state index contributed by atoms with van der Waals surface area (Å²) in [4.78, 5) is 15.2. The maximum Gasteiger partial charge on any atom is 0.423 e. The molecule has 0 aliphatic carbocycles. The molecule has 0 aromatic carbocycles. The van der Waals surface area contributed by atoms with E-state index in [0.29, 0.717) is 0 Å². The fourth-order valence-electron chi connectivity index (χ4n) is 1.79. The Hall–Kier alpha value is -1.67. The Morgan fingerprint density at radius 3 is 2.74 bits per heavy atom. The van der Waals surface area contributed by atoms with Gasteiger partial charge in [0.2, 0.25) is 0 Å². The van der Waals surface area contributed by atoms with Crippen LogP contribution < -0.4 is 10.6 Å². The Morgan fingerprint density at radius 2 is 2.11 bits per heavy atom. The zero-order valence-corrected chi connectivity index (χ0v) is 11.0. The molecule has 0 radical (unpaired) electrons. The largest absolute Gasteiger partial charge is 0.423 e. The van der Waals surface area contributed by atoms with Crippen molar-refractivity contribution in [3.05, 3.63) is 24.4 Å². The predicted molar refractivity (Wildman–Crippen MR) is 66.9 cm³/mol. The van der Waals surface area contributed by atoms with Crippen LogP contribution in [0.1, 0.15) is 12.8 Å². The van der Waals surface area contributed by atoms with Crippen molar-refractivity contribution in [1.82, 2.24) is 15.6 Å². The summed E-state index contributed by atoms with van der Waals surface area (Å²) in [5, 5.41) is 5.40. The van der Waals surface area contributed by atoms with E-state index in [1.807, 2.05) is 0 Å². The molecule has 2 N–H and O–H groups in total. The van der Waals surface area contributed by atoms with Gasteiger partial charge in [-0.2, -0.15) is 8.42 Å². The lowest BCUT2D eigenvalue weighted by atomic mass is 10.1. The number of rotatable bonds is 3. The van der Waals surface area contributed by atoms with Gasteiger partial charge in [-0.15, -0.1) is 0 Å². The average Bonchev–Trinajstić information content (AvgIpc) is 2.40. The smallest absolute Gasteiger partial charge is 0.323 e. The fourth-order valence-corrected chi connectivity index (χ4v) is 2.56. The van der Waals surface area contributed by atoms with Crippen molar-refractivity contribution < 1.29 is 17.4 Å². The van der Waals surface area contributed by atoms with Gasteiger partial charge < -0.3 is 14.8 Å². The van der Waals surface area contributed by atoms with Crippen LogP contribution in [0, 0.1) is 0 Å². The van der Waals surface area contributed by atoms with Crippen molar-refractivity contribution in [1.29, 1.82) is 0 Å². The number of hydrogen-bond acceptors (Lipinski definition) is 6. The van der Waals surface area contributed by atoms with Crippen molar-refractivity contribution in [3.63, 3.8) is 0 Å². The number of amides is 1. The predicted octanol–water partition coefficient (Wildman–Crippen LogP) is 0.248. The van der Waals surface area contributed by atoms with Gasteiger partial charge in [-0.25, -0.2) is 9.78 Å². The van der Waals surface area contributed by atoms with Gasteiger partial charge in [0, 0.05) is 12.2 Å². The molecule has 19 heavy (non-hydrogen) atoms. The van der Waals surface area contributed by atoms with Gasteiger partial charge in [0.15, 0.2) is 5.03 Å². The van der Waals surface area contributed by atoms with E-state index in [1.54, 1.807) is 6.07 Å². The lowest BCUT2D eigenvalue weighted by molar-refractivity contribution is 0.194. The Balaban J connectivity index is 1.94. The summed E-state index contributed by atoms with van der Waals surface area (Å²) in [5.74, 6) is 0. The van der Waals surface area contributed by atoms with E-state index in [9.17, 15) is 13.2 Å². The van der Waals surface area contributed by atoms with E-state index in [0.717, 1.165) is 25.9 Å². The summed E-state index contributed by atoms with van der Waals surface area (Å²) in [5.41, 5.74) is 0. The molecule has 0 unspecified atom stereocenters. The normalized spacial score (nSPS) is 16.8. The van der Waals surface area contributed by atoms with Crippen molar-refractivity contribution in [2.75, 3.05) is 13.1 Å². The number of nitrogens with one attached hydrogen (secondary N) is 2. The third kappa shape index (κ3) is 3.90. The average molecular weight is 285 g/mol. The van der Waals surface area contributed by atoms with Crippen molar-refractivity contribution >= 4 is 16.2 Å². The van der Waals surface area contributed by atoms with E-state index in [4.69, 9.17) is 0 Å². The third-order valence-corrected chi connectivity index (χ3v) is 3.86. The van der Waals surface area contributed by atoms with E-state index in [-0.39, 0.29) is 11.1 Å². The third-order valence-electron chi connectivity index (χ3n) is 2.74. The van der Waals surface area contributed by atoms with E-state index < -0.39 is 16.2 Å². The second-order valence-electron chi connectivity index (χ2n) is 4.16. The molecular formula is C11H15N3O4S. The van der Waals surface area contributed by atoms with Crippen molar-refractivity contribution in [3.8, 4) is 0 Å². The first-order valence-electron chi connectivity index (χ1n) is 5.95. The molecule has 7 nitrogen and oxygen atoms in total. The highest BCUT2D eigenvalue weighted by Gasteiger charge is 2.23. The summed E-state index contributed by atoms with van der Waals surface area (Å²) in [7, 11) is -4.15. The number of carbonyl (C=O) groups is 1. The maximum atomic E-state index is 11.7. The molecule has 0 saturated carbocycles. The van der Waals surface area contributed by atoms with Crippen LogP contribution in [-0.2, 0) is 14.3 Å². The number of aromatic nitrogens is 1. The van der Waals surface area contributed by atoms with Crippen molar-refractivity contribution in [2.24, 2.45) is 0 Å². The molecule has 2 rings (SSSR count). The second-order valence-corrected chi connectivity index (χ2v) is 5.65. The number of piperidine rings is 1. The zero-order chi connectivity index (χ0) is 13.7. The first kappa shape index (κ1) is 13.8. The molecule has 0 atom stereocenters. The van der Waals surface area contributed by atoms with Gasteiger partial charge in [0.1, 0.15) is 0 Å². The Morgan fingerprint density at radius 1 is 1.37 bits per heavy atom. The molecule has 1 amide bonds. The Kier molecular flexibility index (Phi) is 4.33. The molecule has 1 aromatic rings. The van der Waals surface area contributed by atoms with Crippen LogP contribution in [0.15, 0.2) is 29.4 Å². The molecule has 1 saturated heterocycles. The van der Waals surface area contributed by atoms with Crippen LogP contribution in [-0.4, -0.2) is 38.6 Å². The van der Waals surface area contributed by atoms with Crippen LogP contribution in [0.2, 0.25) is 0 Å². The topological polar surface area (TPSA) is 97.4 Å². The second kappa shape index (κ2) is 5.98. The van der Waals surface area contributed by atoms with Gasteiger partial charge in [0.25, 0.3) is 0 Å². The number of carbonyl (C=O) groups excluding carboxylic acids is 1. The Bertz CT molecular complexity index is 526. The number of nitrogens with zero attached hydrogens (tertiary/aromatic N) is 1. The highest BCUT2D eigenvalue weighted by atomic mass is 32.2. The van der Waals surface area contributed by atoms with Gasteiger partial charge in [-0.1, -0.05) is 6.07 Å². The standard InChI is InChI=1S/C11H15N3O4S/c15-11(14-9-4-7-12-8-5-9)18-19(16,17)10-3-1-2-6-13-10/h1-3,6,9,12H,4-5,7-8H2,(H,14,15). The molecule has 1 aliphatic heterocycles. The zero-order valence-electron chi connectivity index (χ0n) is 10.2. The van der Waals surface area contributed by atoms with Gasteiger partial charge >= 0.3 is 16.2 Å². The minimum absolute atomic E-state index is 0.0623. The highest BCUT2D eigenvalue weighted by molar-refractivity contribution is 7.87. The summed E-state index contributed by atoms with van der Waals surface area (Å²) in [6, 6.07) is 4.29. The van der Waals surface area contributed by atoms with E-state index in [1.165, 1.54) is 18.3 Å². The summed E-state index contributed by atoms with van der Waals surface area (Å²) >= 11 is 0. The first-order valence-corrected chi connectivity index (χ1v) is 7.35. The van der Waals surface area contributed by atoms with Crippen LogP contribution in [0.4, 0.5) is 4.79 Å².